The molecule has 1 aliphatic rings. The van der Waals surface area contributed by atoms with Gasteiger partial charge in [-0.05, 0) is 112 Å². The van der Waals surface area contributed by atoms with E-state index >= 15 is 0 Å². The smallest absolute Gasteiger partial charge is 0.206 e. The number of hydrogen-bond acceptors (Lipinski definition) is 2. The molecule has 220 valence electrons. The van der Waals surface area contributed by atoms with Crippen molar-refractivity contribution in [3.05, 3.63) is 174 Å². The lowest BCUT2D eigenvalue weighted by molar-refractivity contribution is 0.596. The van der Waals surface area contributed by atoms with Crippen molar-refractivity contribution in [1.82, 2.24) is 4.57 Å². The molecule has 0 spiro atoms. The molecule has 8 aromatic rings. The highest BCUT2D eigenvalue weighted by molar-refractivity contribution is 7.91. The van der Waals surface area contributed by atoms with E-state index in [4.69, 9.17) is 0 Å². The van der Waals surface area contributed by atoms with E-state index in [9.17, 15) is 8.42 Å². The summed E-state index contributed by atoms with van der Waals surface area (Å²) < 4.78 is 28.5. The van der Waals surface area contributed by atoms with E-state index in [2.05, 4.69) is 102 Å². The topological polar surface area (TPSA) is 39.1 Å². The molecular weight excluding hydrogens is 583 g/mol. The monoisotopic (exact) mass is 611 g/mol. The Kier molecular flexibility index (Phi) is 6.02. The second-order valence-electron chi connectivity index (χ2n) is 12.2. The normalized spacial score (nSPS) is 12.8. The minimum Gasteiger partial charge on any atom is -0.309 e. The zero-order valence-corrected chi connectivity index (χ0v) is 25.8. The van der Waals surface area contributed by atoms with E-state index in [1.807, 2.05) is 18.2 Å². The van der Waals surface area contributed by atoms with Crippen LogP contribution < -0.4 is 0 Å². The highest BCUT2D eigenvalue weighted by Crippen LogP contribution is 2.36. The van der Waals surface area contributed by atoms with E-state index in [0.29, 0.717) is 9.79 Å². The van der Waals surface area contributed by atoms with Crippen molar-refractivity contribution < 1.29 is 8.42 Å². The van der Waals surface area contributed by atoms with Gasteiger partial charge in [0.1, 0.15) is 0 Å². The SMILES string of the molecule is O=S(=O)(c1ccccc1)c1ccc(-c2ccc3cc4c(cc3c2)Cc2ccc(-n3c5ccccc5c5ccccc53)cc2C4)cc1. The first-order chi connectivity index (χ1) is 22.5. The van der Waals surface area contributed by atoms with Gasteiger partial charge in [-0.2, -0.15) is 0 Å². The van der Waals surface area contributed by atoms with Gasteiger partial charge in [-0.3, -0.25) is 0 Å². The van der Waals surface area contributed by atoms with Crippen LogP contribution in [0.25, 0.3) is 49.4 Å². The molecule has 4 heteroatoms. The van der Waals surface area contributed by atoms with Crippen molar-refractivity contribution in [3.63, 3.8) is 0 Å². The third-order valence-corrected chi connectivity index (χ3v) is 11.3. The molecule has 0 unspecified atom stereocenters. The zero-order valence-electron chi connectivity index (χ0n) is 25.0. The summed E-state index contributed by atoms with van der Waals surface area (Å²) in [5.41, 5.74) is 11.2. The van der Waals surface area contributed by atoms with Crippen molar-refractivity contribution in [1.29, 1.82) is 0 Å². The molecule has 0 radical (unpaired) electrons. The molecule has 46 heavy (non-hydrogen) atoms. The highest BCUT2D eigenvalue weighted by atomic mass is 32.2. The van der Waals surface area contributed by atoms with Gasteiger partial charge in [0.05, 0.1) is 20.8 Å². The molecule has 3 nitrogen and oxygen atoms in total. The third-order valence-electron chi connectivity index (χ3n) is 9.50. The predicted molar refractivity (Wildman–Crippen MR) is 188 cm³/mol. The van der Waals surface area contributed by atoms with Crippen molar-refractivity contribution in [2.45, 2.75) is 22.6 Å². The minimum absolute atomic E-state index is 0.303. The van der Waals surface area contributed by atoms with Gasteiger partial charge in [0.15, 0.2) is 0 Å². The molecule has 0 amide bonds. The Hall–Kier alpha value is -5.45. The first-order valence-electron chi connectivity index (χ1n) is 15.6. The van der Waals surface area contributed by atoms with E-state index in [1.54, 1.807) is 36.4 Å². The Balaban J connectivity index is 1.04. The summed E-state index contributed by atoms with van der Waals surface area (Å²) in [7, 11) is -3.54. The molecule has 1 aliphatic carbocycles. The molecule has 0 fully saturated rings. The zero-order chi connectivity index (χ0) is 30.8. The Morgan fingerprint density at radius 2 is 1.00 bits per heavy atom. The number of sulfone groups is 1. The maximum absolute atomic E-state index is 13.1. The average Bonchev–Trinajstić information content (AvgIpc) is 3.44. The van der Waals surface area contributed by atoms with Gasteiger partial charge in [-0.25, -0.2) is 8.42 Å². The summed E-state index contributed by atoms with van der Waals surface area (Å²) >= 11 is 0. The van der Waals surface area contributed by atoms with Crippen LogP contribution in [0, 0.1) is 0 Å². The van der Waals surface area contributed by atoms with E-state index in [1.165, 1.54) is 60.5 Å². The Morgan fingerprint density at radius 1 is 0.435 bits per heavy atom. The van der Waals surface area contributed by atoms with Crippen molar-refractivity contribution in [2.24, 2.45) is 0 Å². The number of nitrogens with zero attached hydrogens (tertiary/aromatic N) is 1. The fourth-order valence-corrected chi connectivity index (χ4v) is 8.44. The van der Waals surface area contributed by atoms with Crippen LogP contribution in [-0.2, 0) is 22.7 Å². The number of rotatable bonds is 4. The Morgan fingerprint density at radius 3 is 1.72 bits per heavy atom. The standard InChI is InChI=1S/C42H29NO2S/c44-46(45,37-8-2-1-3-9-37)38-20-17-28(18-21-38)29-14-15-30-23-34-26-35-27-36(19-16-31(35)24-33(34)25-32(30)22-29)43-41-12-6-4-10-39(41)40-11-5-7-13-42(40)43/h1-23,25,27H,24,26H2. The molecule has 0 aliphatic heterocycles. The van der Waals surface area contributed by atoms with Crippen molar-refractivity contribution in [2.75, 3.05) is 0 Å². The van der Waals surface area contributed by atoms with Gasteiger partial charge < -0.3 is 4.57 Å². The summed E-state index contributed by atoms with van der Waals surface area (Å²) in [5.74, 6) is 0. The van der Waals surface area contributed by atoms with Gasteiger partial charge >= 0.3 is 0 Å². The number of aromatic nitrogens is 1. The molecule has 0 atom stereocenters. The molecular formula is C42H29NO2S. The number of fused-ring (bicyclic) bond motifs is 6. The second kappa shape index (κ2) is 10.3. The van der Waals surface area contributed by atoms with Crippen LogP contribution in [0.1, 0.15) is 22.3 Å². The molecule has 0 saturated carbocycles. The highest BCUT2D eigenvalue weighted by Gasteiger charge is 2.20. The van der Waals surface area contributed by atoms with Gasteiger partial charge in [-0.1, -0.05) is 97.1 Å². The maximum atomic E-state index is 13.1. The number of hydrogen-bond donors (Lipinski definition) is 0. The molecule has 0 bridgehead atoms. The molecule has 1 heterocycles. The second-order valence-corrected chi connectivity index (χ2v) is 14.1. The average molecular weight is 612 g/mol. The number of benzene rings is 7. The van der Waals surface area contributed by atoms with Crippen LogP contribution in [0.2, 0.25) is 0 Å². The van der Waals surface area contributed by atoms with Gasteiger partial charge in [-0.15, -0.1) is 0 Å². The first kappa shape index (κ1) is 26.9. The fourth-order valence-electron chi connectivity index (χ4n) is 7.16. The van der Waals surface area contributed by atoms with Crippen molar-refractivity contribution in [3.8, 4) is 16.8 Å². The molecule has 0 saturated heterocycles. The van der Waals surface area contributed by atoms with E-state index in [-0.39, 0.29) is 0 Å². The quantitative estimate of drug-likeness (QED) is 0.199. The maximum Gasteiger partial charge on any atom is 0.206 e. The van der Waals surface area contributed by atoms with Crippen LogP contribution in [0.4, 0.5) is 0 Å². The van der Waals surface area contributed by atoms with Crippen LogP contribution in [0.15, 0.2) is 161 Å². The first-order valence-corrected chi connectivity index (χ1v) is 17.1. The van der Waals surface area contributed by atoms with Gasteiger partial charge in [0, 0.05) is 16.5 Å². The van der Waals surface area contributed by atoms with Crippen LogP contribution >= 0.6 is 0 Å². The summed E-state index contributed by atoms with van der Waals surface area (Å²) in [4.78, 5) is 0.611. The lowest BCUT2D eigenvalue weighted by atomic mass is 9.84. The minimum atomic E-state index is -3.54. The molecule has 0 N–H and O–H groups in total. The van der Waals surface area contributed by atoms with Crippen molar-refractivity contribution >= 4 is 42.4 Å². The van der Waals surface area contributed by atoms with Gasteiger partial charge in [0.2, 0.25) is 9.84 Å². The largest absolute Gasteiger partial charge is 0.309 e. The van der Waals surface area contributed by atoms with Crippen LogP contribution in [-0.4, -0.2) is 13.0 Å². The summed E-state index contributed by atoms with van der Waals surface area (Å²) in [6.45, 7) is 0. The third kappa shape index (κ3) is 4.29. The summed E-state index contributed by atoms with van der Waals surface area (Å²) in [6, 6.07) is 51.3. The molecule has 1 aromatic heterocycles. The number of para-hydroxylation sites is 2. The molecule has 9 rings (SSSR count). The molecule has 7 aromatic carbocycles. The van der Waals surface area contributed by atoms with Gasteiger partial charge in [0.25, 0.3) is 0 Å². The fraction of sp³-hybridized carbons (Fsp3) is 0.0476. The van der Waals surface area contributed by atoms with Crippen LogP contribution in [0.3, 0.4) is 0 Å². The Labute approximate surface area is 267 Å². The summed E-state index contributed by atoms with van der Waals surface area (Å²) in [5, 5.41) is 4.97. The van der Waals surface area contributed by atoms with E-state index in [0.717, 1.165) is 24.0 Å². The Bertz CT molecular complexity index is 2530. The van der Waals surface area contributed by atoms with E-state index < -0.39 is 9.84 Å². The summed E-state index contributed by atoms with van der Waals surface area (Å²) in [6.07, 6.45) is 1.81. The predicted octanol–water partition coefficient (Wildman–Crippen LogP) is 9.93. The lowest BCUT2D eigenvalue weighted by Gasteiger charge is -2.22. The van der Waals surface area contributed by atoms with Crippen LogP contribution in [0.5, 0.6) is 0 Å². The lowest BCUT2D eigenvalue weighted by Crippen LogP contribution is -2.08.